The maximum Gasteiger partial charge on any atom is 0.269 e. The van der Waals surface area contributed by atoms with Crippen molar-refractivity contribution in [3.8, 4) is 0 Å². The van der Waals surface area contributed by atoms with E-state index in [1.807, 2.05) is 0 Å². The van der Waals surface area contributed by atoms with Crippen LogP contribution >= 0.6 is 11.3 Å². The molecule has 15 heavy (non-hydrogen) atoms. The average Bonchev–Trinajstić information content (AvgIpc) is 2.63. The molecule has 0 unspecified atom stereocenters. The average molecular weight is 221 g/mol. The smallest absolute Gasteiger partial charge is 0.269 e. The van der Waals surface area contributed by atoms with Gasteiger partial charge >= 0.3 is 0 Å². The maximum absolute atomic E-state index is 3.41. The predicted octanol–water partition coefficient (Wildman–Crippen LogP) is 2.10. The van der Waals surface area contributed by atoms with Crippen LogP contribution in [0.2, 0.25) is 0 Å². The molecule has 1 aliphatic heterocycles. The highest BCUT2D eigenvalue weighted by molar-refractivity contribution is 7.11. The molecule has 1 aromatic heterocycles. The van der Waals surface area contributed by atoms with Crippen LogP contribution in [0.5, 0.6) is 0 Å². The minimum Gasteiger partial charge on any atom is -0.275 e. The Hall–Kier alpha value is -1.09. The number of nitrogens with zero attached hydrogens (tertiary/aromatic N) is 1. The molecule has 2 nitrogen and oxygen atoms in total. The standard InChI is InChI=1S/C12H16N2S/c1-10-6-9-15-11(10)4-5-12-13-7-3-8-14(12)2/h4-6,9H,3,7-8H2,1-2H3/p+1/b5-4+. The summed E-state index contributed by atoms with van der Waals surface area (Å²) in [4.78, 5) is 1.35. The van der Waals surface area contributed by atoms with Gasteiger partial charge in [-0.15, -0.1) is 11.3 Å². The first-order valence-electron chi connectivity index (χ1n) is 5.31. The van der Waals surface area contributed by atoms with E-state index in [4.69, 9.17) is 0 Å². The van der Waals surface area contributed by atoms with Crippen LogP contribution in [0.1, 0.15) is 16.9 Å². The van der Waals surface area contributed by atoms with Crippen molar-refractivity contribution in [2.24, 2.45) is 0 Å². The van der Waals surface area contributed by atoms with Crippen molar-refractivity contribution < 1.29 is 4.58 Å². The van der Waals surface area contributed by atoms with Gasteiger partial charge in [-0.2, -0.15) is 0 Å². The first kappa shape index (κ1) is 10.4. The molecule has 1 aromatic rings. The SMILES string of the molecule is Cc1ccsc1/C=C/C1=[N+](C)CCCN1. The maximum atomic E-state index is 3.41. The Bertz CT molecular complexity index is 402. The summed E-state index contributed by atoms with van der Waals surface area (Å²) in [5.74, 6) is 1.23. The van der Waals surface area contributed by atoms with E-state index in [9.17, 15) is 0 Å². The molecule has 0 fully saturated rings. The van der Waals surface area contributed by atoms with E-state index < -0.39 is 0 Å². The molecule has 1 N–H and O–H groups in total. The minimum absolute atomic E-state index is 1.09. The first-order valence-corrected chi connectivity index (χ1v) is 6.19. The highest BCUT2D eigenvalue weighted by atomic mass is 32.1. The van der Waals surface area contributed by atoms with Gasteiger partial charge in [0, 0.05) is 17.4 Å². The molecular weight excluding hydrogens is 204 g/mol. The molecule has 2 rings (SSSR count). The van der Waals surface area contributed by atoms with Gasteiger partial charge in [0.15, 0.2) is 0 Å². The largest absolute Gasteiger partial charge is 0.275 e. The summed E-state index contributed by atoms with van der Waals surface area (Å²) in [6.45, 7) is 4.39. The number of nitrogens with one attached hydrogen (secondary N) is 1. The lowest BCUT2D eigenvalue weighted by atomic mass is 10.2. The van der Waals surface area contributed by atoms with Gasteiger partial charge in [0.1, 0.15) is 0 Å². The molecular formula is C12H17N2S+. The summed E-state index contributed by atoms with van der Waals surface area (Å²) >= 11 is 1.79. The van der Waals surface area contributed by atoms with Crippen LogP contribution in [0.4, 0.5) is 0 Å². The molecule has 0 aliphatic carbocycles. The zero-order valence-electron chi connectivity index (χ0n) is 9.29. The zero-order chi connectivity index (χ0) is 10.7. The lowest BCUT2D eigenvalue weighted by Crippen LogP contribution is -2.37. The van der Waals surface area contributed by atoms with Crippen molar-refractivity contribution in [2.75, 3.05) is 20.1 Å². The van der Waals surface area contributed by atoms with E-state index in [0.717, 1.165) is 13.1 Å². The van der Waals surface area contributed by atoms with Crippen LogP contribution in [-0.4, -0.2) is 30.5 Å². The third-order valence-corrected chi connectivity index (χ3v) is 3.67. The number of hydrogen-bond acceptors (Lipinski definition) is 2. The monoisotopic (exact) mass is 221 g/mol. The minimum atomic E-state index is 1.09. The van der Waals surface area contributed by atoms with Gasteiger partial charge in [-0.25, -0.2) is 0 Å². The second-order valence-electron chi connectivity index (χ2n) is 3.89. The van der Waals surface area contributed by atoms with E-state index in [1.165, 1.54) is 22.7 Å². The van der Waals surface area contributed by atoms with Gasteiger partial charge in [0.05, 0.1) is 20.1 Å². The Kier molecular flexibility index (Phi) is 3.21. The van der Waals surface area contributed by atoms with Gasteiger partial charge in [-0.1, -0.05) is 0 Å². The van der Waals surface area contributed by atoms with Crippen molar-refractivity contribution in [3.63, 3.8) is 0 Å². The van der Waals surface area contributed by atoms with Crippen LogP contribution in [0.25, 0.3) is 6.08 Å². The number of amidine groups is 1. The topological polar surface area (TPSA) is 15.0 Å². The van der Waals surface area contributed by atoms with Gasteiger partial charge in [-0.05, 0) is 30.0 Å². The molecule has 1 aliphatic rings. The van der Waals surface area contributed by atoms with Crippen molar-refractivity contribution in [1.29, 1.82) is 0 Å². The van der Waals surface area contributed by atoms with Crippen molar-refractivity contribution >= 4 is 23.2 Å². The van der Waals surface area contributed by atoms with E-state index >= 15 is 0 Å². The molecule has 0 saturated carbocycles. The molecule has 0 atom stereocenters. The summed E-state index contributed by atoms with van der Waals surface area (Å²) in [5, 5.41) is 5.55. The molecule has 0 radical (unpaired) electrons. The summed E-state index contributed by atoms with van der Waals surface area (Å²) in [6, 6.07) is 2.16. The highest BCUT2D eigenvalue weighted by Gasteiger charge is 2.11. The van der Waals surface area contributed by atoms with E-state index in [-0.39, 0.29) is 0 Å². The van der Waals surface area contributed by atoms with Crippen LogP contribution in [0, 0.1) is 6.92 Å². The summed E-state index contributed by atoms with van der Waals surface area (Å²) in [5.41, 5.74) is 1.36. The van der Waals surface area contributed by atoms with E-state index in [1.54, 1.807) is 11.3 Å². The normalized spacial score (nSPS) is 17.2. The molecule has 0 bridgehead atoms. The Balaban J connectivity index is 2.14. The lowest BCUT2D eigenvalue weighted by molar-refractivity contribution is -0.502. The van der Waals surface area contributed by atoms with Crippen LogP contribution in [0.15, 0.2) is 17.5 Å². The van der Waals surface area contributed by atoms with Gasteiger partial charge in [0.2, 0.25) is 0 Å². The number of thiophene rings is 1. The van der Waals surface area contributed by atoms with Gasteiger partial charge < -0.3 is 0 Å². The number of hydrogen-bond donors (Lipinski definition) is 1. The van der Waals surface area contributed by atoms with Crippen LogP contribution in [0.3, 0.4) is 0 Å². The Morgan fingerprint density at radius 2 is 2.33 bits per heavy atom. The van der Waals surface area contributed by atoms with Crippen LogP contribution < -0.4 is 5.32 Å². The van der Waals surface area contributed by atoms with Crippen molar-refractivity contribution in [1.82, 2.24) is 5.32 Å². The van der Waals surface area contributed by atoms with Gasteiger partial charge in [-0.3, -0.25) is 9.89 Å². The molecule has 0 aromatic carbocycles. The molecule has 80 valence electrons. The molecule has 0 spiro atoms. The Labute approximate surface area is 95.0 Å². The molecule has 0 saturated heterocycles. The number of rotatable bonds is 2. The third kappa shape index (κ3) is 2.48. The fourth-order valence-corrected chi connectivity index (χ4v) is 2.50. The molecule has 0 amide bonds. The second-order valence-corrected chi connectivity index (χ2v) is 4.84. The van der Waals surface area contributed by atoms with Gasteiger partial charge in [0.25, 0.3) is 5.84 Å². The molecule has 2 heterocycles. The van der Waals surface area contributed by atoms with Crippen molar-refractivity contribution in [2.45, 2.75) is 13.3 Å². The van der Waals surface area contributed by atoms with Crippen LogP contribution in [-0.2, 0) is 0 Å². The Morgan fingerprint density at radius 1 is 1.47 bits per heavy atom. The Morgan fingerprint density at radius 3 is 3.00 bits per heavy atom. The fraction of sp³-hybridized carbons (Fsp3) is 0.417. The second kappa shape index (κ2) is 4.62. The summed E-state index contributed by atoms with van der Waals surface area (Å²) in [6.07, 6.45) is 5.61. The first-order chi connectivity index (χ1) is 7.27. The third-order valence-electron chi connectivity index (χ3n) is 2.68. The summed E-state index contributed by atoms with van der Waals surface area (Å²) < 4.78 is 2.27. The zero-order valence-corrected chi connectivity index (χ0v) is 10.1. The number of aryl methyl sites for hydroxylation is 1. The van der Waals surface area contributed by atoms with Crippen molar-refractivity contribution in [3.05, 3.63) is 28.0 Å². The fourth-order valence-electron chi connectivity index (χ4n) is 1.68. The highest BCUT2D eigenvalue weighted by Crippen LogP contribution is 2.16. The summed E-state index contributed by atoms with van der Waals surface area (Å²) in [7, 11) is 2.13. The predicted molar refractivity (Wildman–Crippen MR) is 66.8 cm³/mol. The quantitative estimate of drug-likeness (QED) is 0.756. The molecule has 3 heteroatoms. The lowest BCUT2D eigenvalue weighted by Gasteiger charge is -2.11. The van der Waals surface area contributed by atoms with E-state index in [2.05, 4.69) is 47.5 Å². The van der Waals surface area contributed by atoms with E-state index in [0.29, 0.717) is 0 Å².